The summed E-state index contributed by atoms with van der Waals surface area (Å²) in [4.78, 5) is 19.4. The molecule has 0 spiro atoms. The molecular formula is C21H32N6O3. The lowest BCUT2D eigenvalue weighted by molar-refractivity contribution is 0.0531. The van der Waals surface area contributed by atoms with E-state index in [0.29, 0.717) is 38.9 Å². The lowest BCUT2D eigenvalue weighted by Gasteiger charge is -2.28. The zero-order valence-electron chi connectivity index (χ0n) is 17.9. The number of nitrogens with one attached hydrogen (secondary N) is 2. The SMILES string of the molecule is CCc1nc2c(cnn2CC)c(NC2CCOCC2)c1CNC(=O)N1CCOCC1. The van der Waals surface area contributed by atoms with E-state index in [1.807, 2.05) is 15.8 Å². The summed E-state index contributed by atoms with van der Waals surface area (Å²) in [7, 11) is 0. The highest BCUT2D eigenvalue weighted by Crippen LogP contribution is 2.31. The Kier molecular flexibility index (Phi) is 6.69. The van der Waals surface area contributed by atoms with Gasteiger partial charge in [0, 0.05) is 56.7 Å². The Balaban J connectivity index is 1.64. The molecule has 0 bridgehead atoms. The van der Waals surface area contributed by atoms with E-state index in [1.165, 1.54) is 0 Å². The number of carbonyl (C=O) groups excluding carboxylic acids is 1. The largest absolute Gasteiger partial charge is 0.381 e. The number of morpholine rings is 1. The first kappa shape index (κ1) is 20.9. The minimum Gasteiger partial charge on any atom is -0.381 e. The van der Waals surface area contributed by atoms with Gasteiger partial charge in [-0.15, -0.1) is 0 Å². The molecule has 2 aliphatic heterocycles. The maximum absolute atomic E-state index is 12.7. The van der Waals surface area contributed by atoms with Gasteiger partial charge in [0.05, 0.1) is 30.5 Å². The number of anilines is 1. The second-order valence-electron chi connectivity index (χ2n) is 7.75. The molecule has 0 saturated carbocycles. The van der Waals surface area contributed by atoms with E-state index < -0.39 is 0 Å². The maximum atomic E-state index is 12.7. The van der Waals surface area contributed by atoms with Gasteiger partial charge in [-0.05, 0) is 26.2 Å². The molecule has 2 N–H and O–H groups in total. The summed E-state index contributed by atoms with van der Waals surface area (Å²) < 4.78 is 12.8. The van der Waals surface area contributed by atoms with Crippen LogP contribution in [0, 0.1) is 0 Å². The van der Waals surface area contributed by atoms with Crippen LogP contribution in [0.2, 0.25) is 0 Å². The highest BCUT2D eigenvalue weighted by Gasteiger charge is 2.23. The smallest absolute Gasteiger partial charge is 0.317 e. The van der Waals surface area contributed by atoms with Gasteiger partial charge in [0.25, 0.3) is 0 Å². The Labute approximate surface area is 177 Å². The van der Waals surface area contributed by atoms with Gasteiger partial charge in [0.1, 0.15) is 0 Å². The molecule has 0 atom stereocenters. The summed E-state index contributed by atoms with van der Waals surface area (Å²) in [5, 5.41) is 12.4. The zero-order valence-corrected chi connectivity index (χ0v) is 17.9. The summed E-state index contributed by atoms with van der Waals surface area (Å²) in [6.45, 7) is 9.35. The molecule has 164 valence electrons. The van der Waals surface area contributed by atoms with Gasteiger partial charge in [-0.1, -0.05) is 6.92 Å². The van der Waals surface area contributed by atoms with E-state index in [-0.39, 0.29) is 6.03 Å². The van der Waals surface area contributed by atoms with Crippen molar-refractivity contribution in [3.8, 4) is 0 Å². The van der Waals surface area contributed by atoms with E-state index in [1.54, 1.807) is 0 Å². The van der Waals surface area contributed by atoms with Crippen molar-refractivity contribution in [1.29, 1.82) is 0 Å². The van der Waals surface area contributed by atoms with E-state index in [0.717, 1.165) is 67.0 Å². The summed E-state index contributed by atoms with van der Waals surface area (Å²) in [5.74, 6) is 0. The standard InChI is InChI=1S/C21H32N6O3/c1-3-18-16(13-22-21(28)26-7-11-30-12-8-26)19(24-15-5-9-29-10-6-15)17-14-23-27(4-2)20(17)25-18/h14-15H,3-13H2,1-2H3,(H,22,28)(H,24,25). The first-order valence-electron chi connectivity index (χ1n) is 11.0. The molecule has 9 heteroatoms. The quantitative estimate of drug-likeness (QED) is 0.750. The number of aryl methyl sites for hydroxylation is 2. The summed E-state index contributed by atoms with van der Waals surface area (Å²) in [6.07, 6.45) is 4.61. The number of fused-ring (bicyclic) bond motifs is 1. The number of aromatic nitrogens is 3. The maximum Gasteiger partial charge on any atom is 0.317 e. The van der Waals surface area contributed by atoms with Crippen LogP contribution in [-0.4, -0.2) is 71.3 Å². The molecule has 0 aromatic carbocycles. The molecule has 2 amide bonds. The van der Waals surface area contributed by atoms with Crippen LogP contribution in [0.15, 0.2) is 6.20 Å². The first-order valence-corrected chi connectivity index (χ1v) is 11.0. The van der Waals surface area contributed by atoms with Gasteiger partial charge < -0.3 is 25.0 Å². The highest BCUT2D eigenvalue weighted by atomic mass is 16.5. The molecule has 4 heterocycles. The molecule has 2 saturated heterocycles. The Morgan fingerprint density at radius 2 is 1.90 bits per heavy atom. The first-order chi connectivity index (χ1) is 14.7. The van der Waals surface area contributed by atoms with Crippen molar-refractivity contribution in [1.82, 2.24) is 25.0 Å². The van der Waals surface area contributed by atoms with Gasteiger partial charge in [-0.3, -0.25) is 0 Å². The molecule has 0 radical (unpaired) electrons. The Bertz CT molecular complexity index is 871. The number of rotatable bonds is 6. The third-order valence-electron chi connectivity index (χ3n) is 5.89. The van der Waals surface area contributed by atoms with Crippen LogP contribution in [0.1, 0.15) is 37.9 Å². The third-order valence-corrected chi connectivity index (χ3v) is 5.89. The van der Waals surface area contributed by atoms with Gasteiger partial charge in [0.2, 0.25) is 0 Å². The van der Waals surface area contributed by atoms with Crippen molar-refractivity contribution in [2.75, 3.05) is 44.8 Å². The van der Waals surface area contributed by atoms with E-state index in [2.05, 4.69) is 29.6 Å². The number of carbonyl (C=O) groups is 1. The average molecular weight is 417 g/mol. The fraction of sp³-hybridized carbons (Fsp3) is 0.667. The van der Waals surface area contributed by atoms with Crippen molar-refractivity contribution < 1.29 is 14.3 Å². The molecule has 30 heavy (non-hydrogen) atoms. The zero-order chi connectivity index (χ0) is 20.9. The van der Waals surface area contributed by atoms with Gasteiger partial charge in [-0.25, -0.2) is 14.5 Å². The average Bonchev–Trinajstić information content (AvgIpc) is 3.22. The number of amides is 2. The second kappa shape index (κ2) is 9.61. The molecule has 2 aliphatic rings. The molecular weight excluding hydrogens is 384 g/mol. The minimum absolute atomic E-state index is 0.0540. The van der Waals surface area contributed by atoms with E-state index in [4.69, 9.17) is 14.5 Å². The predicted octanol–water partition coefficient (Wildman–Crippen LogP) is 2.15. The molecule has 9 nitrogen and oxygen atoms in total. The van der Waals surface area contributed by atoms with Crippen LogP contribution in [0.25, 0.3) is 11.0 Å². The fourth-order valence-corrected chi connectivity index (χ4v) is 4.14. The van der Waals surface area contributed by atoms with Crippen molar-refractivity contribution in [2.24, 2.45) is 0 Å². The number of ether oxygens (including phenoxy) is 2. The molecule has 2 aromatic heterocycles. The van der Waals surface area contributed by atoms with Crippen LogP contribution in [0.3, 0.4) is 0 Å². The van der Waals surface area contributed by atoms with Crippen molar-refractivity contribution in [3.63, 3.8) is 0 Å². The minimum atomic E-state index is -0.0540. The Morgan fingerprint density at radius 1 is 1.17 bits per heavy atom. The van der Waals surface area contributed by atoms with E-state index >= 15 is 0 Å². The normalized spacial score (nSPS) is 18.0. The molecule has 0 unspecified atom stereocenters. The summed E-state index contributed by atoms with van der Waals surface area (Å²) in [5.41, 5.74) is 3.99. The van der Waals surface area contributed by atoms with Crippen molar-refractivity contribution in [2.45, 2.75) is 52.2 Å². The fourth-order valence-electron chi connectivity index (χ4n) is 4.14. The molecule has 4 rings (SSSR count). The van der Waals surface area contributed by atoms with Gasteiger partial charge >= 0.3 is 6.03 Å². The topological polar surface area (TPSA) is 93.5 Å². The van der Waals surface area contributed by atoms with E-state index in [9.17, 15) is 4.79 Å². The predicted molar refractivity (Wildman–Crippen MR) is 115 cm³/mol. The summed E-state index contributed by atoms with van der Waals surface area (Å²) >= 11 is 0. The number of urea groups is 1. The Morgan fingerprint density at radius 3 is 2.60 bits per heavy atom. The summed E-state index contributed by atoms with van der Waals surface area (Å²) in [6, 6.07) is 0.287. The second-order valence-corrected chi connectivity index (χ2v) is 7.75. The van der Waals surface area contributed by atoms with Crippen LogP contribution < -0.4 is 10.6 Å². The molecule has 2 fully saturated rings. The molecule has 2 aromatic rings. The number of hydrogen-bond donors (Lipinski definition) is 2. The van der Waals surface area contributed by atoms with Gasteiger partial charge in [-0.2, -0.15) is 5.10 Å². The number of hydrogen-bond acceptors (Lipinski definition) is 6. The van der Waals surface area contributed by atoms with Crippen molar-refractivity contribution in [3.05, 3.63) is 17.5 Å². The van der Waals surface area contributed by atoms with Crippen LogP contribution >= 0.6 is 0 Å². The Hall–Kier alpha value is -2.39. The van der Waals surface area contributed by atoms with Crippen LogP contribution in [0.4, 0.5) is 10.5 Å². The van der Waals surface area contributed by atoms with Gasteiger partial charge in [0.15, 0.2) is 5.65 Å². The highest BCUT2D eigenvalue weighted by molar-refractivity contribution is 5.91. The van der Waals surface area contributed by atoms with Crippen LogP contribution in [0.5, 0.6) is 0 Å². The third kappa shape index (κ3) is 4.37. The number of nitrogens with zero attached hydrogens (tertiary/aromatic N) is 4. The lowest BCUT2D eigenvalue weighted by Crippen LogP contribution is -2.46. The lowest BCUT2D eigenvalue weighted by atomic mass is 10.0. The van der Waals surface area contributed by atoms with Crippen LogP contribution in [-0.2, 0) is 29.0 Å². The number of pyridine rings is 1. The van der Waals surface area contributed by atoms with Crippen molar-refractivity contribution >= 4 is 22.8 Å². The monoisotopic (exact) mass is 416 g/mol. The molecule has 0 aliphatic carbocycles.